The zero-order valence-electron chi connectivity index (χ0n) is 11.2. The van der Waals surface area contributed by atoms with Crippen LogP contribution in [0.15, 0.2) is 0 Å². The molecule has 4 heteroatoms. The van der Waals surface area contributed by atoms with Crippen LogP contribution in [-0.2, 0) is 4.94 Å². The van der Waals surface area contributed by atoms with Crippen LogP contribution in [0.5, 0.6) is 0 Å². The third-order valence-corrected chi connectivity index (χ3v) is 2.25. The summed E-state index contributed by atoms with van der Waals surface area (Å²) in [6.07, 6.45) is 3.82. The Bertz CT molecular complexity index is 146. The lowest BCUT2D eigenvalue weighted by molar-refractivity contribution is -0.309. The zero-order chi connectivity index (χ0) is 13.2. The van der Waals surface area contributed by atoms with Crippen LogP contribution in [0.25, 0.3) is 0 Å². The summed E-state index contributed by atoms with van der Waals surface area (Å²) >= 11 is 0. The van der Waals surface area contributed by atoms with E-state index in [0.717, 1.165) is 5.92 Å². The number of hydrogen-bond donors (Lipinski definition) is 2. The van der Waals surface area contributed by atoms with Crippen LogP contribution in [0.4, 0.5) is 4.53 Å². The van der Waals surface area contributed by atoms with E-state index in [2.05, 4.69) is 11.9 Å². The molecule has 0 radical (unpaired) electrons. The Morgan fingerprint density at radius 3 is 1.88 bits per heavy atom. The van der Waals surface area contributed by atoms with E-state index in [0.29, 0.717) is 12.5 Å². The van der Waals surface area contributed by atoms with Crippen molar-refractivity contribution in [1.82, 2.24) is 0 Å². The molecule has 1 fully saturated rings. The fourth-order valence-corrected chi connectivity index (χ4v) is 1.49. The summed E-state index contributed by atoms with van der Waals surface area (Å²) in [6.45, 7) is 9.07. The van der Waals surface area contributed by atoms with Gasteiger partial charge in [-0.2, -0.15) is 4.94 Å². The molecule has 2 unspecified atom stereocenters. The molecule has 0 aromatic carbocycles. The van der Waals surface area contributed by atoms with E-state index in [1.807, 2.05) is 13.8 Å². The topological polar surface area (TPSA) is 49.7 Å². The fourth-order valence-electron chi connectivity index (χ4n) is 1.49. The monoisotopic (exact) mass is 238 g/mol. The molecule has 1 aliphatic rings. The maximum atomic E-state index is 10.8. The number of rotatable bonds is 2. The molecule has 0 bridgehead atoms. The first kappa shape index (κ1) is 18.2. The van der Waals surface area contributed by atoms with Gasteiger partial charge in [-0.25, -0.2) is 0 Å². The quantitative estimate of drug-likeness (QED) is 0.727. The Labute approximate surface area is 98.5 Å². The third kappa shape index (κ3) is 11.9. The van der Waals surface area contributed by atoms with Crippen LogP contribution in [-0.4, -0.2) is 22.6 Å². The van der Waals surface area contributed by atoms with Gasteiger partial charge in [-0.3, -0.25) is 0 Å². The second-order valence-corrected chi connectivity index (χ2v) is 4.49. The summed E-state index contributed by atoms with van der Waals surface area (Å²) < 4.78 is 10.8. The van der Waals surface area contributed by atoms with Crippen LogP contribution >= 0.6 is 0 Å². The van der Waals surface area contributed by atoms with E-state index in [9.17, 15) is 4.53 Å². The summed E-state index contributed by atoms with van der Waals surface area (Å²) in [5.74, 6) is -0.128. The van der Waals surface area contributed by atoms with Crippen molar-refractivity contribution < 1.29 is 19.7 Å². The van der Waals surface area contributed by atoms with Crippen LogP contribution in [0.1, 0.15) is 53.9 Å². The van der Waals surface area contributed by atoms with Crippen molar-refractivity contribution in [3.8, 4) is 0 Å². The van der Waals surface area contributed by atoms with E-state index >= 15 is 0 Å². The molecule has 3 nitrogen and oxygen atoms in total. The van der Waals surface area contributed by atoms with Gasteiger partial charge in [0.2, 0.25) is 0 Å². The molecule has 0 heterocycles. The highest BCUT2D eigenvalue weighted by Gasteiger charge is 2.19. The Morgan fingerprint density at radius 1 is 1.31 bits per heavy atom. The van der Waals surface area contributed by atoms with Crippen LogP contribution in [0, 0.1) is 11.8 Å². The minimum absolute atomic E-state index is 0.407. The predicted octanol–water partition coefficient (Wildman–Crippen LogP) is 3.06. The standard InChI is InChI=1S/C7H14O.C3H7FO2.C2H6/c1-6-2-3-7(4-6)5-8;1-3(2,5)6-4;1-2/h6-8H,2-5H2,1H3;5H,1-2H3;1-2H3. The van der Waals surface area contributed by atoms with Crippen molar-refractivity contribution in [1.29, 1.82) is 0 Å². The van der Waals surface area contributed by atoms with Gasteiger partial charge in [-0.15, -0.1) is 0 Å². The number of aliphatic hydroxyl groups is 2. The Morgan fingerprint density at radius 2 is 1.75 bits per heavy atom. The minimum Gasteiger partial charge on any atom is -0.396 e. The molecule has 2 atom stereocenters. The van der Waals surface area contributed by atoms with E-state index in [1.54, 1.807) is 0 Å². The molecular weight excluding hydrogens is 211 g/mol. The van der Waals surface area contributed by atoms with Crippen molar-refractivity contribution in [2.24, 2.45) is 11.8 Å². The first-order valence-corrected chi connectivity index (χ1v) is 6.02. The minimum atomic E-state index is -1.62. The van der Waals surface area contributed by atoms with Crippen molar-refractivity contribution in [3.05, 3.63) is 0 Å². The maximum Gasteiger partial charge on any atom is 0.198 e. The summed E-state index contributed by atoms with van der Waals surface area (Å²) in [7, 11) is 0. The summed E-state index contributed by atoms with van der Waals surface area (Å²) in [5, 5.41) is 16.9. The number of halogens is 1. The molecule has 0 spiro atoms. The lowest BCUT2D eigenvalue weighted by atomic mass is 10.1. The normalized spacial score (nSPS) is 24.0. The molecule has 1 aliphatic carbocycles. The molecule has 0 saturated heterocycles. The highest BCUT2D eigenvalue weighted by Crippen LogP contribution is 2.29. The molecule has 16 heavy (non-hydrogen) atoms. The zero-order valence-corrected chi connectivity index (χ0v) is 11.2. The fraction of sp³-hybridized carbons (Fsp3) is 1.00. The van der Waals surface area contributed by atoms with Crippen molar-refractivity contribution in [2.75, 3.05) is 6.61 Å². The van der Waals surface area contributed by atoms with E-state index in [4.69, 9.17) is 10.2 Å². The molecule has 1 rings (SSSR count). The lowest BCUT2D eigenvalue weighted by Gasteiger charge is -2.07. The average Bonchev–Trinajstić information content (AvgIpc) is 2.67. The van der Waals surface area contributed by atoms with Crippen LogP contribution in [0.2, 0.25) is 0 Å². The summed E-state index contributed by atoms with van der Waals surface area (Å²) in [4.78, 5) is 2.99. The van der Waals surface area contributed by atoms with Gasteiger partial charge >= 0.3 is 0 Å². The van der Waals surface area contributed by atoms with Gasteiger partial charge in [0.15, 0.2) is 5.79 Å². The van der Waals surface area contributed by atoms with Crippen molar-refractivity contribution in [3.63, 3.8) is 0 Å². The maximum absolute atomic E-state index is 10.8. The Hall–Kier alpha value is -0.190. The second kappa shape index (κ2) is 10.00. The van der Waals surface area contributed by atoms with E-state index in [1.165, 1.54) is 33.1 Å². The van der Waals surface area contributed by atoms with Gasteiger partial charge in [-0.1, -0.05) is 27.2 Å². The molecule has 100 valence electrons. The first-order valence-electron chi connectivity index (χ1n) is 6.02. The number of aliphatic hydroxyl groups excluding tert-OH is 1. The Kier molecular flexibility index (Phi) is 11.4. The van der Waals surface area contributed by atoms with Gasteiger partial charge in [0.05, 0.1) is 0 Å². The van der Waals surface area contributed by atoms with Gasteiger partial charge < -0.3 is 10.2 Å². The van der Waals surface area contributed by atoms with Crippen LogP contribution in [0.3, 0.4) is 0 Å². The SMILES string of the molecule is CC.CC(C)(O)OF.CC1CCC(CO)C1. The van der Waals surface area contributed by atoms with Gasteiger partial charge in [0, 0.05) is 6.61 Å². The second-order valence-electron chi connectivity index (χ2n) is 4.49. The van der Waals surface area contributed by atoms with Crippen molar-refractivity contribution >= 4 is 0 Å². The highest BCUT2D eigenvalue weighted by atomic mass is 19.3. The molecule has 2 N–H and O–H groups in total. The van der Waals surface area contributed by atoms with Gasteiger partial charge in [0.1, 0.15) is 0 Å². The number of hydrogen-bond acceptors (Lipinski definition) is 3. The molecule has 0 aliphatic heterocycles. The largest absolute Gasteiger partial charge is 0.396 e. The molecule has 0 amide bonds. The molecular formula is C12H27FO3. The molecule has 0 aromatic rings. The highest BCUT2D eigenvalue weighted by molar-refractivity contribution is 4.71. The van der Waals surface area contributed by atoms with Gasteiger partial charge in [-0.05, 0) is 43.1 Å². The molecule has 1 saturated carbocycles. The lowest BCUT2D eigenvalue weighted by Crippen LogP contribution is -2.18. The summed E-state index contributed by atoms with van der Waals surface area (Å²) in [5.41, 5.74) is 0. The van der Waals surface area contributed by atoms with E-state index < -0.39 is 5.79 Å². The van der Waals surface area contributed by atoms with Crippen molar-refractivity contribution in [2.45, 2.75) is 59.7 Å². The predicted molar refractivity (Wildman–Crippen MR) is 63.4 cm³/mol. The third-order valence-electron chi connectivity index (χ3n) is 2.25. The average molecular weight is 238 g/mol. The summed E-state index contributed by atoms with van der Waals surface area (Å²) in [6, 6.07) is 0. The molecule has 0 aromatic heterocycles. The smallest absolute Gasteiger partial charge is 0.198 e. The van der Waals surface area contributed by atoms with E-state index in [-0.39, 0.29) is 0 Å². The van der Waals surface area contributed by atoms with Gasteiger partial charge in [0.25, 0.3) is 0 Å². The van der Waals surface area contributed by atoms with Crippen LogP contribution < -0.4 is 0 Å². The Balaban J connectivity index is 0. The first-order chi connectivity index (χ1) is 7.39.